The van der Waals surface area contributed by atoms with Crippen LogP contribution >= 0.6 is 11.3 Å². The average molecular weight is 457 g/mol. The van der Waals surface area contributed by atoms with Crippen LogP contribution in [0, 0.1) is 12.7 Å². The van der Waals surface area contributed by atoms with Gasteiger partial charge in [0.15, 0.2) is 0 Å². The number of benzene rings is 1. The number of carbonyl (C=O) groups is 1. The number of amides is 1. The summed E-state index contributed by atoms with van der Waals surface area (Å²) in [5.41, 5.74) is 5.17. The second kappa shape index (κ2) is 8.34. The molecule has 1 saturated heterocycles. The van der Waals surface area contributed by atoms with E-state index in [1.54, 1.807) is 29.1 Å². The molecule has 1 unspecified atom stereocenters. The lowest BCUT2D eigenvalue weighted by Gasteiger charge is -2.14. The van der Waals surface area contributed by atoms with Crippen molar-refractivity contribution in [3.63, 3.8) is 0 Å². The summed E-state index contributed by atoms with van der Waals surface area (Å²) >= 11 is 1.40. The molecule has 0 saturated carbocycles. The molecule has 2 aliphatic heterocycles. The van der Waals surface area contributed by atoms with E-state index < -0.39 is 24.1 Å². The number of anilines is 1. The van der Waals surface area contributed by atoms with E-state index in [0.717, 1.165) is 21.1 Å². The van der Waals surface area contributed by atoms with E-state index in [1.165, 1.54) is 22.3 Å². The number of hydroxylamine groups is 1. The smallest absolute Gasteiger partial charge is 0.414 e. The Hall–Kier alpha value is -3.28. The topological polar surface area (TPSA) is 102 Å². The zero-order valence-electron chi connectivity index (χ0n) is 17.1. The minimum Gasteiger partial charge on any atom is -0.442 e. The van der Waals surface area contributed by atoms with Crippen LogP contribution in [0.4, 0.5) is 14.9 Å². The number of nitrogens with one attached hydrogen (secondary N) is 1. The average Bonchev–Trinajstić information content (AvgIpc) is 3.55. The molecule has 1 fully saturated rings. The van der Waals surface area contributed by atoms with Gasteiger partial charge in [-0.2, -0.15) is 0 Å². The van der Waals surface area contributed by atoms with Crippen LogP contribution in [-0.4, -0.2) is 51.6 Å². The fourth-order valence-electron chi connectivity index (χ4n) is 3.64. The van der Waals surface area contributed by atoms with Crippen molar-refractivity contribution >= 4 is 28.8 Å². The number of aromatic nitrogens is 3. The summed E-state index contributed by atoms with van der Waals surface area (Å²) in [7, 11) is 0. The molecule has 2 aromatic heterocycles. The van der Waals surface area contributed by atoms with Crippen LogP contribution < -0.4 is 10.4 Å². The van der Waals surface area contributed by atoms with Gasteiger partial charge in [-0.1, -0.05) is 5.21 Å². The monoisotopic (exact) mass is 457 g/mol. The van der Waals surface area contributed by atoms with Crippen LogP contribution in [0.5, 0.6) is 0 Å². The third-order valence-electron chi connectivity index (χ3n) is 5.17. The van der Waals surface area contributed by atoms with E-state index in [-0.39, 0.29) is 6.61 Å². The Labute approximate surface area is 186 Å². The number of aliphatic hydroxyl groups excluding tert-OH is 1. The Bertz CT molecular complexity index is 1190. The van der Waals surface area contributed by atoms with Crippen molar-refractivity contribution in [2.24, 2.45) is 0 Å². The molecule has 0 radical (unpaired) electrons. The number of thiophene rings is 1. The second-order valence-electron chi connectivity index (χ2n) is 7.55. The zero-order valence-corrected chi connectivity index (χ0v) is 17.9. The van der Waals surface area contributed by atoms with Crippen molar-refractivity contribution in [2.75, 3.05) is 18.1 Å². The van der Waals surface area contributed by atoms with Gasteiger partial charge in [0.25, 0.3) is 0 Å². The molecule has 2 N–H and O–H groups in total. The SMILES string of the molecule is Cc1cn(C[C@H]2CN(c3ccc(-c4ccc(C5=CC(CO)ON5)s4)c(F)c3)C(=O)O2)nn1. The summed E-state index contributed by atoms with van der Waals surface area (Å²) in [6.07, 6.45) is 2.24. The highest BCUT2D eigenvalue weighted by atomic mass is 32.1. The molecule has 3 aromatic rings. The number of hydrogen-bond donors (Lipinski definition) is 2. The molecule has 4 heterocycles. The molecule has 32 heavy (non-hydrogen) atoms. The number of nitrogens with zero attached hydrogens (tertiary/aromatic N) is 4. The highest BCUT2D eigenvalue weighted by Gasteiger charge is 2.33. The van der Waals surface area contributed by atoms with E-state index in [9.17, 15) is 14.3 Å². The van der Waals surface area contributed by atoms with Gasteiger partial charge >= 0.3 is 6.09 Å². The van der Waals surface area contributed by atoms with Gasteiger partial charge in [-0.25, -0.2) is 13.9 Å². The van der Waals surface area contributed by atoms with Gasteiger partial charge in [-0.3, -0.25) is 15.2 Å². The summed E-state index contributed by atoms with van der Waals surface area (Å²) in [4.78, 5) is 20.6. The Kier molecular flexibility index (Phi) is 5.37. The predicted molar refractivity (Wildman–Crippen MR) is 115 cm³/mol. The number of hydrogen-bond acceptors (Lipinski definition) is 8. The normalized spacial score (nSPS) is 20.4. The van der Waals surface area contributed by atoms with Crippen molar-refractivity contribution in [1.29, 1.82) is 0 Å². The van der Waals surface area contributed by atoms with E-state index >= 15 is 0 Å². The van der Waals surface area contributed by atoms with Crippen LogP contribution in [0.15, 0.2) is 42.6 Å². The number of rotatable bonds is 6. The van der Waals surface area contributed by atoms with Gasteiger partial charge in [0, 0.05) is 16.6 Å². The fraction of sp³-hybridized carbons (Fsp3) is 0.286. The van der Waals surface area contributed by atoms with Crippen molar-refractivity contribution < 1.29 is 23.9 Å². The Morgan fingerprint density at radius 2 is 2.16 bits per heavy atom. The van der Waals surface area contributed by atoms with Gasteiger partial charge in [0.2, 0.25) is 0 Å². The minimum atomic E-state index is -0.518. The maximum atomic E-state index is 15.0. The summed E-state index contributed by atoms with van der Waals surface area (Å²) in [5.74, 6) is -0.433. The Morgan fingerprint density at radius 1 is 1.31 bits per heavy atom. The van der Waals surface area contributed by atoms with Gasteiger partial charge in [0.05, 0.1) is 41.7 Å². The molecule has 0 bridgehead atoms. The summed E-state index contributed by atoms with van der Waals surface area (Å²) in [6.45, 7) is 2.39. The second-order valence-corrected chi connectivity index (χ2v) is 8.63. The van der Waals surface area contributed by atoms with Crippen LogP contribution in [0.1, 0.15) is 10.6 Å². The highest BCUT2D eigenvalue weighted by Crippen LogP contribution is 2.35. The summed E-state index contributed by atoms with van der Waals surface area (Å²) in [6, 6.07) is 8.40. The lowest BCUT2D eigenvalue weighted by atomic mass is 10.1. The van der Waals surface area contributed by atoms with E-state index in [1.807, 2.05) is 19.1 Å². The predicted octanol–water partition coefficient (Wildman–Crippen LogP) is 2.72. The molecule has 2 aliphatic rings. The van der Waals surface area contributed by atoms with Crippen LogP contribution in [0.2, 0.25) is 0 Å². The molecule has 2 atom stereocenters. The van der Waals surface area contributed by atoms with Crippen molar-refractivity contribution in [3.8, 4) is 10.4 Å². The van der Waals surface area contributed by atoms with Gasteiger partial charge < -0.3 is 9.84 Å². The van der Waals surface area contributed by atoms with E-state index in [2.05, 4.69) is 15.8 Å². The van der Waals surface area contributed by atoms with Crippen LogP contribution in [0.25, 0.3) is 16.1 Å². The molecule has 1 aromatic carbocycles. The summed E-state index contributed by atoms with van der Waals surface area (Å²) < 4.78 is 22.0. The maximum absolute atomic E-state index is 15.0. The largest absolute Gasteiger partial charge is 0.442 e. The molecule has 5 rings (SSSR count). The third kappa shape index (κ3) is 3.97. The first kappa shape index (κ1) is 20.6. The fourth-order valence-corrected chi connectivity index (χ4v) is 4.64. The molecule has 0 aliphatic carbocycles. The van der Waals surface area contributed by atoms with Crippen LogP contribution in [-0.2, 0) is 16.1 Å². The molecule has 0 spiro atoms. The number of aryl methyl sites for hydroxylation is 1. The first-order valence-corrected chi connectivity index (χ1v) is 10.8. The van der Waals surface area contributed by atoms with Gasteiger partial charge in [-0.15, -0.1) is 16.4 Å². The zero-order chi connectivity index (χ0) is 22.2. The highest BCUT2D eigenvalue weighted by molar-refractivity contribution is 7.16. The lowest BCUT2D eigenvalue weighted by Crippen LogP contribution is -2.26. The van der Waals surface area contributed by atoms with E-state index in [0.29, 0.717) is 24.3 Å². The van der Waals surface area contributed by atoms with E-state index in [4.69, 9.17) is 9.57 Å². The molecule has 1 amide bonds. The number of cyclic esters (lactones) is 1. The van der Waals surface area contributed by atoms with Crippen molar-refractivity contribution in [3.05, 3.63) is 59.0 Å². The molecular formula is C21H20FN5O4S. The third-order valence-corrected chi connectivity index (χ3v) is 6.32. The maximum Gasteiger partial charge on any atom is 0.414 e. The number of aliphatic hydroxyl groups is 1. The number of ether oxygens (including phenoxy) is 1. The molecule has 166 valence electrons. The van der Waals surface area contributed by atoms with Crippen molar-refractivity contribution in [1.82, 2.24) is 20.5 Å². The summed E-state index contributed by atoms with van der Waals surface area (Å²) in [5, 5.41) is 17.1. The molecular weight excluding hydrogens is 437 g/mol. The molecule has 11 heteroatoms. The number of halogens is 1. The number of carbonyl (C=O) groups excluding carboxylic acids is 1. The van der Waals surface area contributed by atoms with Crippen LogP contribution in [0.3, 0.4) is 0 Å². The van der Waals surface area contributed by atoms with Gasteiger partial charge in [-0.05, 0) is 43.3 Å². The van der Waals surface area contributed by atoms with Crippen molar-refractivity contribution in [2.45, 2.75) is 25.7 Å². The standard InChI is InChI=1S/C21H20FN5O4S/c1-12-8-26(25-23-12)9-15-10-27(21(29)30-15)13-2-3-16(17(22)6-13)19-4-5-20(32-19)18-7-14(11-28)31-24-18/h2-8,14-15,24,28H,9-11H2,1H3/t14?,15-/m0/s1. The lowest BCUT2D eigenvalue weighted by molar-refractivity contribution is 0.0174. The van der Waals surface area contributed by atoms with Gasteiger partial charge in [0.1, 0.15) is 18.0 Å². The molecule has 9 nitrogen and oxygen atoms in total. The first-order valence-electron chi connectivity index (χ1n) is 9.99. The minimum absolute atomic E-state index is 0.122. The first-order chi connectivity index (χ1) is 15.5. The Balaban J connectivity index is 1.31. The Morgan fingerprint density at radius 3 is 2.88 bits per heavy atom. The quantitative estimate of drug-likeness (QED) is 0.587.